The van der Waals surface area contributed by atoms with Crippen LogP contribution in [0.25, 0.3) is 0 Å². The van der Waals surface area contributed by atoms with Crippen molar-refractivity contribution in [2.45, 2.75) is 32.9 Å². The Hall–Kier alpha value is -1.23. The van der Waals surface area contributed by atoms with Crippen molar-refractivity contribution < 1.29 is 4.74 Å². The number of methoxy groups -OCH3 is 1. The van der Waals surface area contributed by atoms with Gasteiger partial charge in [0.15, 0.2) is 5.96 Å². The number of benzene rings is 1. The summed E-state index contributed by atoms with van der Waals surface area (Å²) >= 11 is 3.47. The Morgan fingerprint density at radius 2 is 2.21 bits per heavy atom. The number of nitrogens with one attached hydrogen (secondary N) is 2. The molecule has 19 heavy (non-hydrogen) atoms. The van der Waals surface area contributed by atoms with Crippen LogP contribution in [0, 0.1) is 0 Å². The number of hydrogen-bond donors (Lipinski definition) is 2. The van der Waals surface area contributed by atoms with E-state index < -0.39 is 0 Å². The quantitative estimate of drug-likeness (QED) is 0.645. The van der Waals surface area contributed by atoms with Gasteiger partial charge in [0, 0.05) is 29.7 Å². The minimum atomic E-state index is 0.399. The van der Waals surface area contributed by atoms with Crippen LogP contribution in [0.1, 0.15) is 25.8 Å². The van der Waals surface area contributed by atoms with Crippen LogP contribution in [-0.2, 0) is 6.54 Å². The van der Waals surface area contributed by atoms with Crippen molar-refractivity contribution >= 4 is 21.9 Å². The van der Waals surface area contributed by atoms with Gasteiger partial charge in [-0.25, -0.2) is 0 Å². The number of ether oxygens (including phenoxy) is 1. The summed E-state index contributed by atoms with van der Waals surface area (Å²) < 4.78 is 6.38. The summed E-state index contributed by atoms with van der Waals surface area (Å²) in [4.78, 5) is 4.21. The molecular weight excluding hydrogens is 306 g/mol. The van der Waals surface area contributed by atoms with Crippen LogP contribution < -0.4 is 15.4 Å². The van der Waals surface area contributed by atoms with Crippen molar-refractivity contribution in [2.75, 3.05) is 14.2 Å². The molecule has 0 amide bonds. The minimum Gasteiger partial charge on any atom is -0.496 e. The van der Waals surface area contributed by atoms with E-state index in [0.717, 1.165) is 28.2 Å². The number of nitrogens with zero attached hydrogens (tertiary/aromatic N) is 1. The summed E-state index contributed by atoms with van der Waals surface area (Å²) in [5, 5.41) is 6.62. The van der Waals surface area contributed by atoms with Gasteiger partial charge in [-0.1, -0.05) is 22.9 Å². The highest BCUT2D eigenvalue weighted by Gasteiger charge is 2.06. The van der Waals surface area contributed by atoms with Gasteiger partial charge < -0.3 is 15.4 Å². The van der Waals surface area contributed by atoms with Crippen molar-refractivity contribution in [3.63, 3.8) is 0 Å². The van der Waals surface area contributed by atoms with Crippen molar-refractivity contribution in [3.05, 3.63) is 28.2 Å². The normalized spacial score (nSPS) is 13.0. The Balaban J connectivity index is 2.67. The van der Waals surface area contributed by atoms with Gasteiger partial charge in [-0.2, -0.15) is 0 Å². The minimum absolute atomic E-state index is 0.399. The van der Waals surface area contributed by atoms with Crippen LogP contribution in [-0.4, -0.2) is 26.2 Å². The van der Waals surface area contributed by atoms with E-state index in [1.165, 1.54) is 0 Å². The Labute approximate surface area is 123 Å². The second-order valence-electron chi connectivity index (χ2n) is 4.34. The maximum Gasteiger partial charge on any atom is 0.191 e. The van der Waals surface area contributed by atoms with Crippen LogP contribution >= 0.6 is 15.9 Å². The molecule has 0 aliphatic carbocycles. The topological polar surface area (TPSA) is 45.7 Å². The van der Waals surface area contributed by atoms with E-state index in [9.17, 15) is 0 Å². The van der Waals surface area contributed by atoms with E-state index in [1.54, 1.807) is 14.2 Å². The second kappa shape index (κ2) is 8.04. The van der Waals surface area contributed by atoms with Gasteiger partial charge in [-0.05, 0) is 31.5 Å². The van der Waals surface area contributed by atoms with Crippen molar-refractivity contribution in [2.24, 2.45) is 4.99 Å². The van der Waals surface area contributed by atoms with Crippen molar-refractivity contribution in [1.29, 1.82) is 0 Å². The third-order valence-electron chi connectivity index (χ3n) is 2.91. The van der Waals surface area contributed by atoms with Crippen LogP contribution in [0.5, 0.6) is 5.75 Å². The molecule has 5 heteroatoms. The number of aliphatic imine (C=N–C) groups is 1. The van der Waals surface area contributed by atoms with Crippen LogP contribution in [0.15, 0.2) is 27.7 Å². The highest BCUT2D eigenvalue weighted by molar-refractivity contribution is 9.10. The van der Waals surface area contributed by atoms with Gasteiger partial charge in [0.2, 0.25) is 0 Å². The van der Waals surface area contributed by atoms with Crippen LogP contribution in [0.3, 0.4) is 0 Å². The lowest BCUT2D eigenvalue weighted by molar-refractivity contribution is 0.409. The lowest BCUT2D eigenvalue weighted by Crippen LogP contribution is -2.41. The van der Waals surface area contributed by atoms with E-state index in [2.05, 4.69) is 45.4 Å². The van der Waals surface area contributed by atoms with Gasteiger partial charge >= 0.3 is 0 Å². The molecule has 1 rings (SSSR count). The molecule has 0 aliphatic heterocycles. The van der Waals surface area contributed by atoms with E-state index in [1.807, 2.05) is 18.2 Å². The Kier molecular flexibility index (Phi) is 6.70. The SMILES string of the molecule is CCC(C)NC(=NC)NCc1cc(Br)ccc1OC. The molecule has 1 aromatic rings. The predicted molar refractivity (Wildman–Crippen MR) is 83.8 cm³/mol. The number of rotatable bonds is 5. The molecule has 106 valence electrons. The lowest BCUT2D eigenvalue weighted by Gasteiger charge is -2.17. The predicted octanol–water partition coefficient (Wildman–Crippen LogP) is 2.92. The molecular formula is C14H22BrN3O. The molecule has 1 aromatic carbocycles. The first-order valence-corrected chi connectivity index (χ1v) is 7.19. The molecule has 1 unspecified atom stereocenters. The highest BCUT2D eigenvalue weighted by atomic mass is 79.9. The third kappa shape index (κ3) is 5.11. The van der Waals surface area contributed by atoms with Gasteiger partial charge in [0.1, 0.15) is 5.75 Å². The standard InChI is InChI=1S/C14H22BrN3O/c1-5-10(2)18-14(16-3)17-9-11-8-12(15)6-7-13(11)19-4/h6-8,10H,5,9H2,1-4H3,(H2,16,17,18). The van der Waals surface area contributed by atoms with E-state index in [0.29, 0.717) is 12.6 Å². The monoisotopic (exact) mass is 327 g/mol. The fourth-order valence-corrected chi connectivity index (χ4v) is 2.00. The second-order valence-corrected chi connectivity index (χ2v) is 5.25. The van der Waals surface area contributed by atoms with Gasteiger partial charge in [0.25, 0.3) is 0 Å². The molecule has 0 fully saturated rings. The van der Waals surface area contributed by atoms with Crippen LogP contribution in [0.2, 0.25) is 0 Å². The average Bonchev–Trinajstić information content (AvgIpc) is 2.43. The molecule has 0 radical (unpaired) electrons. The fraction of sp³-hybridized carbons (Fsp3) is 0.500. The summed E-state index contributed by atoms with van der Waals surface area (Å²) in [6.45, 7) is 4.94. The lowest BCUT2D eigenvalue weighted by atomic mass is 10.2. The summed E-state index contributed by atoms with van der Waals surface area (Å²) in [5.41, 5.74) is 1.09. The van der Waals surface area contributed by atoms with Crippen molar-refractivity contribution in [1.82, 2.24) is 10.6 Å². The van der Waals surface area contributed by atoms with E-state index in [4.69, 9.17) is 4.74 Å². The molecule has 0 spiro atoms. The maximum atomic E-state index is 5.35. The maximum absolute atomic E-state index is 5.35. The van der Waals surface area contributed by atoms with Gasteiger partial charge in [0.05, 0.1) is 7.11 Å². The first-order valence-electron chi connectivity index (χ1n) is 6.40. The molecule has 1 atom stereocenters. The molecule has 0 saturated heterocycles. The Bertz CT molecular complexity index is 435. The molecule has 4 nitrogen and oxygen atoms in total. The zero-order chi connectivity index (χ0) is 14.3. The molecule has 0 bridgehead atoms. The highest BCUT2D eigenvalue weighted by Crippen LogP contribution is 2.22. The number of halogens is 1. The summed E-state index contributed by atoms with van der Waals surface area (Å²) in [6.07, 6.45) is 1.06. The molecule has 0 saturated carbocycles. The van der Waals surface area contributed by atoms with Gasteiger partial charge in [-0.15, -0.1) is 0 Å². The Morgan fingerprint density at radius 1 is 1.47 bits per heavy atom. The first-order chi connectivity index (χ1) is 9.10. The van der Waals surface area contributed by atoms with Gasteiger partial charge in [-0.3, -0.25) is 4.99 Å². The largest absolute Gasteiger partial charge is 0.496 e. The fourth-order valence-electron chi connectivity index (χ4n) is 1.59. The first kappa shape index (κ1) is 15.8. The van der Waals surface area contributed by atoms with Crippen LogP contribution in [0.4, 0.5) is 0 Å². The third-order valence-corrected chi connectivity index (χ3v) is 3.40. The zero-order valence-corrected chi connectivity index (χ0v) is 13.5. The zero-order valence-electron chi connectivity index (χ0n) is 12.0. The summed E-state index contributed by atoms with van der Waals surface area (Å²) in [5.74, 6) is 1.67. The Morgan fingerprint density at radius 3 is 2.79 bits per heavy atom. The number of guanidine groups is 1. The van der Waals surface area contributed by atoms with E-state index in [-0.39, 0.29) is 0 Å². The summed E-state index contributed by atoms with van der Waals surface area (Å²) in [6, 6.07) is 6.36. The molecule has 0 aliphatic rings. The molecule has 0 heterocycles. The number of hydrogen-bond acceptors (Lipinski definition) is 2. The van der Waals surface area contributed by atoms with E-state index >= 15 is 0 Å². The smallest absolute Gasteiger partial charge is 0.191 e. The summed E-state index contributed by atoms with van der Waals surface area (Å²) in [7, 11) is 3.45. The van der Waals surface area contributed by atoms with Crippen molar-refractivity contribution in [3.8, 4) is 5.75 Å². The molecule has 0 aromatic heterocycles. The molecule has 2 N–H and O–H groups in total. The average molecular weight is 328 g/mol.